The normalized spacial score (nSPS) is 11.1. The molecule has 1 rings (SSSR count). The molecule has 1 heterocycles. The minimum absolute atomic E-state index is 0.419. The van der Waals surface area contributed by atoms with Crippen LogP contribution >= 0.6 is 0 Å². The minimum atomic E-state index is -0.419. The third-order valence-corrected chi connectivity index (χ3v) is 1.87. The topological polar surface area (TPSA) is 62.3 Å². The fraction of sp³-hybridized carbons (Fsp3) is 0.667. The van der Waals surface area contributed by atoms with Crippen molar-refractivity contribution in [2.24, 2.45) is 7.05 Å². The van der Waals surface area contributed by atoms with Crippen LogP contribution in [0.4, 0.5) is 5.69 Å². The van der Waals surface area contributed by atoms with Crippen LogP contribution < -0.4 is 5.73 Å². The highest BCUT2D eigenvalue weighted by atomic mass is 16.7. The van der Waals surface area contributed by atoms with E-state index in [0.29, 0.717) is 18.9 Å². The zero-order valence-electron chi connectivity index (χ0n) is 8.86. The van der Waals surface area contributed by atoms with E-state index in [1.807, 2.05) is 20.9 Å². The molecule has 0 aliphatic carbocycles. The van der Waals surface area contributed by atoms with Crippen molar-refractivity contribution in [1.29, 1.82) is 0 Å². The summed E-state index contributed by atoms with van der Waals surface area (Å²) in [6, 6.07) is 0. The van der Waals surface area contributed by atoms with E-state index in [0.717, 1.165) is 5.69 Å². The van der Waals surface area contributed by atoms with Crippen LogP contribution in [0, 0.1) is 0 Å². The van der Waals surface area contributed by atoms with Crippen molar-refractivity contribution in [2.45, 2.75) is 20.1 Å². The van der Waals surface area contributed by atoms with E-state index in [4.69, 9.17) is 15.2 Å². The number of anilines is 1. The predicted octanol–water partition coefficient (Wildman–Crippen LogP) is 1.07. The summed E-state index contributed by atoms with van der Waals surface area (Å²) in [4.78, 5) is 0. The highest BCUT2D eigenvalue weighted by Gasteiger charge is 2.18. The molecule has 0 radical (unpaired) electrons. The van der Waals surface area contributed by atoms with Crippen LogP contribution in [0.2, 0.25) is 0 Å². The first-order valence-electron chi connectivity index (χ1n) is 4.71. The molecule has 0 amide bonds. The molecular formula is C9H17N3O2. The fourth-order valence-corrected chi connectivity index (χ4v) is 1.26. The van der Waals surface area contributed by atoms with Crippen molar-refractivity contribution in [2.75, 3.05) is 18.9 Å². The van der Waals surface area contributed by atoms with Gasteiger partial charge in [-0.3, -0.25) is 4.68 Å². The zero-order valence-corrected chi connectivity index (χ0v) is 8.86. The maximum absolute atomic E-state index is 5.76. The molecule has 0 bridgehead atoms. The standard InChI is InChI=1S/C9H17N3O2/c1-4-13-9(14-5-2)8-7(10)6-11-12(8)3/h6,9H,4-5,10H2,1-3H3. The smallest absolute Gasteiger partial charge is 0.202 e. The summed E-state index contributed by atoms with van der Waals surface area (Å²) in [5.41, 5.74) is 7.13. The van der Waals surface area contributed by atoms with E-state index >= 15 is 0 Å². The Balaban J connectivity index is 2.85. The summed E-state index contributed by atoms with van der Waals surface area (Å²) < 4.78 is 12.5. The lowest BCUT2D eigenvalue weighted by Gasteiger charge is -2.17. The fourth-order valence-electron chi connectivity index (χ4n) is 1.26. The van der Waals surface area contributed by atoms with Gasteiger partial charge in [0.15, 0.2) is 0 Å². The Kier molecular flexibility index (Phi) is 3.91. The van der Waals surface area contributed by atoms with Gasteiger partial charge in [-0.05, 0) is 13.8 Å². The van der Waals surface area contributed by atoms with Gasteiger partial charge < -0.3 is 15.2 Å². The van der Waals surface area contributed by atoms with Gasteiger partial charge in [-0.1, -0.05) is 0 Å². The third-order valence-electron chi connectivity index (χ3n) is 1.87. The van der Waals surface area contributed by atoms with Crippen molar-refractivity contribution in [3.63, 3.8) is 0 Å². The number of aromatic nitrogens is 2. The summed E-state index contributed by atoms with van der Waals surface area (Å²) in [6.45, 7) is 4.99. The molecule has 5 heteroatoms. The van der Waals surface area contributed by atoms with Crippen molar-refractivity contribution in [1.82, 2.24) is 9.78 Å². The van der Waals surface area contributed by atoms with Crippen LogP contribution in [0.1, 0.15) is 25.8 Å². The van der Waals surface area contributed by atoms with Crippen molar-refractivity contribution in [3.8, 4) is 0 Å². The van der Waals surface area contributed by atoms with E-state index < -0.39 is 6.29 Å². The van der Waals surface area contributed by atoms with Crippen LogP contribution in [0.15, 0.2) is 6.20 Å². The Hall–Kier alpha value is -1.07. The molecule has 0 saturated carbocycles. The molecule has 2 N–H and O–H groups in total. The van der Waals surface area contributed by atoms with E-state index in [-0.39, 0.29) is 0 Å². The molecule has 5 nitrogen and oxygen atoms in total. The summed E-state index contributed by atoms with van der Waals surface area (Å²) >= 11 is 0. The number of hydrogen-bond donors (Lipinski definition) is 1. The van der Waals surface area contributed by atoms with E-state index in [1.165, 1.54) is 0 Å². The number of rotatable bonds is 5. The SMILES string of the molecule is CCOC(OCC)c1c(N)cnn1C. The van der Waals surface area contributed by atoms with Gasteiger partial charge in [-0.25, -0.2) is 0 Å². The summed E-state index contributed by atoms with van der Waals surface area (Å²) in [5.74, 6) is 0. The van der Waals surface area contributed by atoms with Gasteiger partial charge in [0.25, 0.3) is 0 Å². The summed E-state index contributed by atoms with van der Waals surface area (Å²) in [6.07, 6.45) is 1.18. The number of nitrogen functional groups attached to an aromatic ring is 1. The number of nitrogens with two attached hydrogens (primary N) is 1. The molecule has 0 aliphatic rings. The Morgan fingerprint density at radius 1 is 1.43 bits per heavy atom. The quantitative estimate of drug-likeness (QED) is 0.721. The molecule has 80 valence electrons. The van der Waals surface area contributed by atoms with Crippen LogP contribution in [0.5, 0.6) is 0 Å². The second kappa shape index (κ2) is 4.97. The van der Waals surface area contributed by atoms with Gasteiger partial charge in [-0.2, -0.15) is 5.10 Å². The largest absolute Gasteiger partial charge is 0.396 e. The highest BCUT2D eigenvalue weighted by Crippen LogP contribution is 2.23. The third kappa shape index (κ3) is 2.24. The van der Waals surface area contributed by atoms with Crippen molar-refractivity contribution >= 4 is 5.69 Å². The monoisotopic (exact) mass is 199 g/mol. The first kappa shape index (κ1) is 11.0. The average molecular weight is 199 g/mol. The lowest BCUT2D eigenvalue weighted by Crippen LogP contribution is -2.14. The molecule has 0 spiro atoms. The molecule has 0 fully saturated rings. The van der Waals surface area contributed by atoms with Crippen molar-refractivity contribution in [3.05, 3.63) is 11.9 Å². The maximum atomic E-state index is 5.76. The van der Waals surface area contributed by atoms with Crippen LogP contribution in [-0.4, -0.2) is 23.0 Å². The molecule has 1 aromatic rings. The number of aryl methyl sites for hydroxylation is 1. The molecule has 0 aliphatic heterocycles. The minimum Gasteiger partial charge on any atom is -0.396 e. The van der Waals surface area contributed by atoms with Crippen LogP contribution in [-0.2, 0) is 16.5 Å². The second-order valence-electron chi connectivity index (χ2n) is 2.85. The van der Waals surface area contributed by atoms with Crippen molar-refractivity contribution < 1.29 is 9.47 Å². The molecule has 0 saturated heterocycles. The zero-order chi connectivity index (χ0) is 10.6. The Morgan fingerprint density at radius 2 is 2.00 bits per heavy atom. The first-order chi connectivity index (χ1) is 6.70. The van der Waals surface area contributed by atoms with E-state index in [1.54, 1.807) is 10.9 Å². The summed E-state index contributed by atoms with van der Waals surface area (Å²) in [7, 11) is 1.82. The lowest BCUT2D eigenvalue weighted by atomic mass is 10.3. The molecule has 1 aromatic heterocycles. The van der Waals surface area contributed by atoms with Crippen LogP contribution in [0.25, 0.3) is 0 Å². The first-order valence-corrected chi connectivity index (χ1v) is 4.71. The van der Waals surface area contributed by atoms with Gasteiger partial charge in [0.2, 0.25) is 6.29 Å². The molecule has 0 atom stereocenters. The number of hydrogen-bond acceptors (Lipinski definition) is 4. The van der Waals surface area contributed by atoms with E-state index in [2.05, 4.69) is 5.10 Å². The molecular weight excluding hydrogens is 182 g/mol. The van der Waals surface area contributed by atoms with Gasteiger partial charge in [0, 0.05) is 20.3 Å². The number of nitrogens with zero attached hydrogens (tertiary/aromatic N) is 2. The highest BCUT2D eigenvalue weighted by molar-refractivity contribution is 5.41. The average Bonchev–Trinajstić information content (AvgIpc) is 2.46. The predicted molar refractivity (Wildman–Crippen MR) is 53.6 cm³/mol. The van der Waals surface area contributed by atoms with E-state index in [9.17, 15) is 0 Å². The summed E-state index contributed by atoms with van der Waals surface area (Å²) in [5, 5.41) is 4.03. The Bertz CT molecular complexity index is 260. The molecule has 0 aromatic carbocycles. The lowest BCUT2D eigenvalue weighted by molar-refractivity contribution is -0.143. The molecule has 0 unspecified atom stereocenters. The van der Waals surface area contributed by atoms with Crippen LogP contribution in [0.3, 0.4) is 0 Å². The van der Waals surface area contributed by atoms with Gasteiger partial charge >= 0.3 is 0 Å². The Morgan fingerprint density at radius 3 is 2.36 bits per heavy atom. The van der Waals surface area contributed by atoms with Gasteiger partial charge in [0.05, 0.1) is 11.9 Å². The second-order valence-corrected chi connectivity index (χ2v) is 2.85. The van der Waals surface area contributed by atoms with Gasteiger partial charge in [0.1, 0.15) is 5.69 Å². The molecule has 14 heavy (non-hydrogen) atoms. The van der Waals surface area contributed by atoms with Gasteiger partial charge in [-0.15, -0.1) is 0 Å². The Labute approximate surface area is 83.8 Å². The number of ether oxygens (including phenoxy) is 2. The maximum Gasteiger partial charge on any atom is 0.202 e.